The van der Waals surface area contributed by atoms with E-state index in [-0.39, 0.29) is 41.8 Å². The third-order valence-corrected chi connectivity index (χ3v) is 17.0. The van der Waals surface area contributed by atoms with E-state index in [0.29, 0.717) is 37.2 Å². The van der Waals surface area contributed by atoms with Crippen LogP contribution in [-0.2, 0) is 39.6 Å². The largest absolute Gasteiger partial charge is 0.459 e. The van der Waals surface area contributed by atoms with Gasteiger partial charge < -0.3 is 63.8 Å². The molecule has 74 heavy (non-hydrogen) atoms. The van der Waals surface area contributed by atoms with E-state index in [4.69, 9.17) is 28.4 Å². The summed E-state index contributed by atoms with van der Waals surface area (Å²) in [6.45, 7) is 17.4. The van der Waals surface area contributed by atoms with Gasteiger partial charge in [-0.25, -0.2) is 9.07 Å². The minimum atomic E-state index is -4.46. The zero-order valence-electron chi connectivity index (χ0n) is 45.6. The standard InChI is InChI=1S/C52H85F4N5O12S/c1-15-40-51(10,67)44(63)32(6)60(12)26-28(2)23-49(8,66)46(30(4)41(31(5)47(65)72-40)39-24-50(9,69-14)45(64)33(7)71-39)73-48-42(62)37(22-29(3)70-48)59(11)21-20-35-27-61(58-57-35)38(25-53)43(68-13)34-16-18-36(19-17-34)74-52(54,55)56/h16-19,27-33,37-46,48,62-64,66-67H,15,20-26H2,1-14H3/t28-,29-,30+,31-,32-,33+,37+,38-,39-,40-,41?,42-,43-,44-,45+,46-,48+,49-,50-,51-/m1/s1. The second kappa shape index (κ2) is 25.5. The molecule has 0 amide bonds. The van der Waals surface area contributed by atoms with Crippen molar-refractivity contribution < 1.29 is 76.3 Å². The quantitative estimate of drug-likeness (QED) is 0.0800. The molecular weight excluding hydrogens is 995 g/mol. The SMILES string of the molecule is CC[C@H]1OC(=O)[C@H](C)C([C@H]2C[C@@](C)(OC)[C@@H](O)[C@H](C)O2)[C@H](C)[C@@H](O[C@@H]2O[C@H](C)C[C@H](N(C)CCc3cn([C@H](CF)[C@H](OC)c4ccc(SC(F)(F)F)cc4)nn3)[C@H]2O)[C@](C)(O)C[C@@H](C)CN(C)[C@H](C)[C@@H](O)[C@]1(C)O. The molecule has 22 heteroatoms. The van der Waals surface area contributed by atoms with E-state index in [2.05, 4.69) is 10.3 Å². The number of halogens is 4. The van der Waals surface area contributed by atoms with Crippen LogP contribution in [0, 0.1) is 23.7 Å². The Morgan fingerprint density at radius 1 is 0.986 bits per heavy atom. The van der Waals surface area contributed by atoms with Gasteiger partial charge in [0, 0.05) is 69.2 Å². The van der Waals surface area contributed by atoms with Crippen molar-refractivity contribution in [3.05, 3.63) is 41.7 Å². The van der Waals surface area contributed by atoms with Gasteiger partial charge in [0.15, 0.2) is 6.29 Å². The van der Waals surface area contributed by atoms with Crippen molar-refractivity contribution in [1.29, 1.82) is 0 Å². The van der Waals surface area contributed by atoms with Gasteiger partial charge in [0.2, 0.25) is 0 Å². The van der Waals surface area contributed by atoms with Crippen molar-refractivity contribution in [3.8, 4) is 0 Å². The summed E-state index contributed by atoms with van der Waals surface area (Å²) in [7, 11) is 6.54. The molecule has 0 bridgehead atoms. The number of aliphatic hydroxyl groups is 5. The molecule has 3 aliphatic heterocycles. The molecule has 2 aromatic rings. The number of benzene rings is 1. The maximum absolute atomic E-state index is 14.7. The number of esters is 1. The predicted octanol–water partition coefficient (Wildman–Crippen LogP) is 5.89. The number of rotatable bonds is 15. The number of likely N-dealkylation sites (N-methyl/N-ethyl adjacent to an activating group) is 2. The van der Waals surface area contributed by atoms with E-state index in [1.54, 1.807) is 47.7 Å². The Bertz CT molecular complexity index is 2080. The fraction of sp³-hybridized carbons (Fsp3) is 0.827. The molecule has 3 fully saturated rings. The summed E-state index contributed by atoms with van der Waals surface area (Å²) < 4.78 is 92.7. The van der Waals surface area contributed by atoms with Crippen LogP contribution in [0.5, 0.6) is 0 Å². The lowest BCUT2D eigenvalue weighted by Gasteiger charge is -2.51. The maximum Gasteiger partial charge on any atom is 0.446 e. The molecule has 1 aromatic heterocycles. The summed E-state index contributed by atoms with van der Waals surface area (Å²) in [6.07, 6.45) is -7.14. The van der Waals surface area contributed by atoms with Crippen molar-refractivity contribution in [3.63, 3.8) is 0 Å². The van der Waals surface area contributed by atoms with E-state index < -0.39 is 132 Å². The second-order valence-electron chi connectivity index (χ2n) is 22.2. The van der Waals surface area contributed by atoms with Gasteiger partial charge in [0.1, 0.15) is 48.8 Å². The number of carbonyl (C=O) groups is 1. The second-order valence-corrected chi connectivity index (χ2v) is 23.3. The Hall–Kier alpha value is -2.58. The number of methoxy groups -OCH3 is 2. The highest BCUT2D eigenvalue weighted by Gasteiger charge is 2.55. The van der Waals surface area contributed by atoms with Crippen LogP contribution in [0.3, 0.4) is 0 Å². The topological polar surface area (TPSA) is 211 Å². The van der Waals surface area contributed by atoms with Crippen LogP contribution in [0.1, 0.15) is 118 Å². The molecule has 17 nitrogen and oxygen atoms in total. The number of aromatic nitrogens is 3. The zero-order valence-corrected chi connectivity index (χ0v) is 46.4. The van der Waals surface area contributed by atoms with Gasteiger partial charge in [0.25, 0.3) is 0 Å². The van der Waals surface area contributed by atoms with Gasteiger partial charge in [-0.1, -0.05) is 45.0 Å². The van der Waals surface area contributed by atoms with Gasteiger partial charge in [-0.05, 0) is 116 Å². The molecule has 1 aromatic carbocycles. The lowest BCUT2D eigenvalue weighted by atomic mass is 9.68. The van der Waals surface area contributed by atoms with E-state index in [1.807, 2.05) is 44.7 Å². The average molecular weight is 1080 g/mol. The van der Waals surface area contributed by atoms with Crippen molar-refractivity contribution in [2.24, 2.45) is 23.7 Å². The van der Waals surface area contributed by atoms with Crippen molar-refractivity contribution in [1.82, 2.24) is 24.8 Å². The van der Waals surface area contributed by atoms with E-state index in [1.165, 1.54) is 50.1 Å². The summed E-state index contributed by atoms with van der Waals surface area (Å²) in [4.78, 5) is 18.5. The molecule has 424 valence electrons. The third kappa shape index (κ3) is 14.6. The Labute approximate surface area is 438 Å². The van der Waals surface area contributed by atoms with Crippen LogP contribution in [0.2, 0.25) is 0 Å². The number of alkyl halides is 4. The number of ether oxygens (including phenoxy) is 6. The van der Waals surface area contributed by atoms with Gasteiger partial charge in [-0.15, -0.1) is 5.10 Å². The molecule has 20 atom stereocenters. The van der Waals surface area contributed by atoms with Crippen molar-refractivity contribution in [2.75, 3.05) is 48.1 Å². The number of thioether (sulfide) groups is 1. The van der Waals surface area contributed by atoms with Gasteiger partial charge >= 0.3 is 11.5 Å². The van der Waals surface area contributed by atoms with Gasteiger partial charge in [0.05, 0.1) is 47.2 Å². The Morgan fingerprint density at radius 2 is 1.64 bits per heavy atom. The van der Waals surface area contributed by atoms with Crippen molar-refractivity contribution >= 4 is 17.7 Å². The first kappa shape index (κ1) is 62.3. The van der Waals surface area contributed by atoms with Crippen LogP contribution < -0.4 is 0 Å². The van der Waals surface area contributed by atoms with Crippen LogP contribution in [-0.4, -0.2) is 194 Å². The van der Waals surface area contributed by atoms with Gasteiger partial charge in [-0.3, -0.25) is 4.79 Å². The molecule has 4 heterocycles. The molecule has 0 spiro atoms. The molecule has 3 aliphatic rings. The van der Waals surface area contributed by atoms with Crippen LogP contribution in [0.25, 0.3) is 0 Å². The number of nitrogens with zero attached hydrogens (tertiary/aromatic N) is 5. The Balaban J connectivity index is 1.44. The van der Waals surface area contributed by atoms with Crippen molar-refractivity contribution in [2.45, 2.75) is 208 Å². The lowest BCUT2D eigenvalue weighted by Crippen LogP contribution is -2.62. The number of hydrogen-bond acceptors (Lipinski definition) is 17. The first-order valence-electron chi connectivity index (χ1n) is 25.9. The van der Waals surface area contributed by atoms with E-state index >= 15 is 0 Å². The predicted molar refractivity (Wildman–Crippen MR) is 269 cm³/mol. The number of hydrogen-bond donors (Lipinski definition) is 5. The average Bonchev–Trinajstić information content (AvgIpc) is 3.80. The smallest absolute Gasteiger partial charge is 0.446 e. The minimum absolute atomic E-state index is 0.0164. The highest BCUT2D eigenvalue weighted by Crippen LogP contribution is 2.45. The zero-order chi connectivity index (χ0) is 55.4. The Kier molecular flexibility index (Phi) is 21.4. The number of carbonyl (C=O) groups excluding carboxylic acids is 1. The summed E-state index contributed by atoms with van der Waals surface area (Å²) in [5.74, 6) is -3.41. The fourth-order valence-electron chi connectivity index (χ4n) is 11.9. The van der Waals surface area contributed by atoms with E-state index in [0.717, 1.165) is 0 Å². The lowest BCUT2D eigenvalue weighted by molar-refractivity contribution is -0.302. The van der Waals surface area contributed by atoms with Crippen LogP contribution >= 0.6 is 11.8 Å². The fourth-order valence-corrected chi connectivity index (χ4v) is 12.5. The first-order chi connectivity index (χ1) is 34.4. The Morgan fingerprint density at radius 3 is 2.22 bits per heavy atom. The monoisotopic (exact) mass is 1080 g/mol. The third-order valence-electron chi connectivity index (χ3n) is 16.3. The highest BCUT2D eigenvalue weighted by atomic mass is 32.2. The summed E-state index contributed by atoms with van der Waals surface area (Å²) in [6, 6.07) is 3.43. The highest BCUT2D eigenvalue weighted by molar-refractivity contribution is 8.00. The molecule has 0 aliphatic carbocycles. The number of cyclic esters (lactones) is 1. The molecule has 0 saturated carbocycles. The van der Waals surface area contributed by atoms with Crippen LogP contribution in [0.15, 0.2) is 35.4 Å². The molecular formula is C52H85F4N5O12S. The molecule has 5 N–H and O–H groups in total. The van der Waals surface area contributed by atoms with E-state index in [9.17, 15) is 47.9 Å². The van der Waals surface area contributed by atoms with Gasteiger partial charge in [-0.2, -0.15) is 13.2 Å². The minimum Gasteiger partial charge on any atom is -0.459 e. The summed E-state index contributed by atoms with van der Waals surface area (Å²) >= 11 is -0.247. The summed E-state index contributed by atoms with van der Waals surface area (Å²) in [5, 5.41) is 68.6. The number of aliphatic hydroxyl groups excluding tert-OH is 3. The molecule has 3 saturated heterocycles. The molecule has 1 unspecified atom stereocenters. The first-order valence-corrected chi connectivity index (χ1v) is 26.7. The normalized spacial score (nSPS) is 39.5. The summed E-state index contributed by atoms with van der Waals surface area (Å²) in [5.41, 5.74) is -8.09. The molecule has 0 radical (unpaired) electrons. The maximum atomic E-state index is 14.7. The van der Waals surface area contributed by atoms with Crippen LogP contribution in [0.4, 0.5) is 17.6 Å². The molecule has 5 rings (SSSR count).